The highest BCUT2D eigenvalue weighted by Gasteiger charge is 2.11. The molecule has 0 aromatic rings. The molecule has 1 atom stereocenters. The number of hydrogen-bond donors (Lipinski definition) is 0. The fraction of sp³-hybridized carbons (Fsp3) is 1.00. The molecule has 0 heterocycles. The molecule has 0 radical (unpaired) electrons. The van der Waals surface area contributed by atoms with Crippen molar-refractivity contribution in [3.63, 3.8) is 0 Å². The van der Waals surface area contributed by atoms with Crippen molar-refractivity contribution in [2.45, 2.75) is 51.7 Å². The third-order valence-corrected chi connectivity index (χ3v) is 5.40. The van der Waals surface area contributed by atoms with Gasteiger partial charge in [0.1, 0.15) is 0 Å². The van der Waals surface area contributed by atoms with Crippen LogP contribution in [0.5, 0.6) is 0 Å². The van der Waals surface area contributed by atoms with Gasteiger partial charge in [-0.3, -0.25) is 0 Å². The minimum atomic E-state index is -1.37. The number of rotatable bonds is 13. The Morgan fingerprint density at radius 1 is 1.00 bits per heavy atom. The topological polar surface area (TPSA) is 30.9 Å². The van der Waals surface area contributed by atoms with Crippen LogP contribution in [0, 0.1) is 0 Å². The van der Waals surface area contributed by atoms with E-state index in [9.17, 15) is 0 Å². The number of methoxy groups -OCH3 is 1. The number of hydrogen-bond acceptors (Lipinski definition) is 4. The lowest BCUT2D eigenvalue weighted by molar-refractivity contribution is 0.105. The molecule has 0 aliphatic rings. The van der Waals surface area contributed by atoms with Crippen LogP contribution in [0.15, 0.2) is 0 Å². The monoisotopic (exact) mass is 291 g/mol. The van der Waals surface area contributed by atoms with Crippen molar-refractivity contribution in [3.05, 3.63) is 0 Å². The molecule has 4 nitrogen and oxygen atoms in total. The van der Waals surface area contributed by atoms with E-state index in [0.29, 0.717) is 6.10 Å². The second-order valence-electron chi connectivity index (χ2n) is 5.07. The Hall–Kier alpha value is 0.0569. The molecule has 19 heavy (non-hydrogen) atoms. The second-order valence-corrected chi connectivity index (χ2v) is 7.45. The van der Waals surface area contributed by atoms with Crippen LogP contribution in [0.1, 0.15) is 39.5 Å². The van der Waals surface area contributed by atoms with Gasteiger partial charge in [-0.1, -0.05) is 6.92 Å². The third-order valence-electron chi connectivity index (χ3n) is 3.47. The van der Waals surface area contributed by atoms with E-state index in [1.165, 1.54) is 32.4 Å². The Morgan fingerprint density at radius 3 is 2.16 bits per heavy atom. The molecule has 0 fully saturated rings. The van der Waals surface area contributed by atoms with Crippen LogP contribution in [0.3, 0.4) is 0 Å². The highest BCUT2D eigenvalue weighted by Crippen LogP contribution is 2.06. The van der Waals surface area contributed by atoms with Crippen molar-refractivity contribution in [1.82, 2.24) is 4.90 Å². The molecular weight excluding hydrogens is 258 g/mol. The first-order valence-corrected chi connectivity index (χ1v) is 9.24. The van der Waals surface area contributed by atoms with E-state index in [4.69, 9.17) is 13.6 Å². The van der Waals surface area contributed by atoms with Crippen molar-refractivity contribution in [2.75, 3.05) is 41.0 Å². The third kappa shape index (κ3) is 10.5. The lowest BCUT2D eigenvalue weighted by atomic mass is 10.2. The fourth-order valence-corrected chi connectivity index (χ4v) is 3.37. The molecule has 1 unspecified atom stereocenters. The summed E-state index contributed by atoms with van der Waals surface area (Å²) < 4.78 is 16.0. The van der Waals surface area contributed by atoms with E-state index < -0.39 is 9.28 Å². The number of nitrogens with zero attached hydrogens (tertiary/aromatic N) is 1. The molecule has 116 valence electrons. The van der Waals surface area contributed by atoms with Gasteiger partial charge in [-0.15, -0.1) is 0 Å². The minimum absolute atomic E-state index is 0.377. The van der Waals surface area contributed by atoms with Crippen molar-refractivity contribution < 1.29 is 13.6 Å². The predicted octanol–water partition coefficient (Wildman–Crippen LogP) is 2.42. The van der Waals surface area contributed by atoms with Gasteiger partial charge in [0.25, 0.3) is 0 Å². The normalized spacial score (nSPS) is 13.4. The van der Waals surface area contributed by atoms with Crippen LogP contribution >= 0.6 is 0 Å². The summed E-state index contributed by atoms with van der Waals surface area (Å²) >= 11 is 0. The van der Waals surface area contributed by atoms with Gasteiger partial charge in [-0.25, -0.2) is 0 Å². The lowest BCUT2D eigenvalue weighted by Gasteiger charge is -2.23. The molecule has 0 spiro atoms. The largest absolute Gasteiger partial charge is 0.400 e. The van der Waals surface area contributed by atoms with Crippen molar-refractivity contribution in [2.24, 2.45) is 0 Å². The molecule has 0 saturated heterocycles. The van der Waals surface area contributed by atoms with Crippen molar-refractivity contribution in [3.8, 4) is 0 Å². The van der Waals surface area contributed by atoms with Gasteiger partial charge in [-0.05, 0) is 58.3 Å². The molecule has 0 bridgehead atoms. The standard InChI is InChI=1S/C14H33NO3Si/c1-6-10-15(11-7-9-14(2)16-3)12-8-13-19(17-4)18-5/h14,19H,6-13H2,1-5H3. The van der Waals surface area contributed by atoms with Crippen LogP contribution in [-0.2, 0) is 13.6 Å². The van der Waals surface area contributed by atoms with E-state index in [-0.39, 0.29) is 0 Å². The highest BCUT2D eigenvalue weighted by atomic mass is 28.3. The summed E-state index contributed by atoms with van der Waals surface area (Å²) in [4.78, 5) is 2.55. The van der Waals surface area contributed by atoms with Gasteiger partial charge in [0.05, 0.1) is 6.10 Å². The Morgan fingerprint density at radius 2 is 1.63 bits per heavy atom. The average molecular weight is 292 g/mol. The van der Waals surface area contributed by atoms with E-state index >= 15 is 0 Å². The zero-order valence-electron chi connectivity index (χ0n) is 13.5. The van der Waals surface area contributed by atoms with Crippen LogP contribution < -0.4 is 0 Å². The molecule has 0 aromatic carbocycles. The SMILES string of the molecule is CCCN(CCCC(C)OC)CCC[SiH](OC)OC. The smallest absolute Gasteiger partial charge is 0.320 e. The number of ether oxygens (including phenoxy) is 1. The summed E-state index contributed by atoms with van der Waals surface area (Å²) in [6.45, 7) is 7.90. The lowest BCUT2D eigenvalue weighted by Crippen LogP contribution is -2.29. The summed E-state index contributed by atoms with van der Waals surface area (Å²) in [5.41, 5.74) is 0. The van der Waals surface area contributed by atoms with Crippen LogP contribution in [0.4, 0.5) is 0 Å². The maximum atomic E-state index is 5.35. The second kappa shape index (κ2) is 13.1. The Balaban J connectivity index is 3.78. The molecule has 0 aliphatic heterocycles. The Kier molecular flexibility index (Phi) is 13.1. The minimum Gasteiger partial charge on any atom is -0.400 e. The van der Waals surface area contributed by atoms with Gasteiger partial charge < -0.3 is 18.5 Å². The van der Waals surface area contributed by atoms with E-state index in [1.807, 2.05) is 0 Å². The van der Waals surface area contributed by atoms with E-state index in [2.05, 4.69) is 18.7 Å². The predicted molar refractivity (Wildman–Crippen MR) is 83.0 cm³/mol. The van der Waals surface area contributed by atoms with Gasteiger partial charge in [0.15, 0.2) is 0 Å². The fourth-order valence-electron chi connectivity index (χ4n) is 2.19. The van der Waals surface area contributed by atoms with Crippen LogP contribution in [-0.4, -0.2) is 61.3 Å². The summed E-state index contributed by atoms with van der Waals surface area (Å²) in [6.07, 6.45) is 5.13. The average Bonchev–Trinajstić information content (AvgIpc) is 2.43. The van der Waals surface area contributed by atoms with Gasteiger partial charge in [0.2, 0.25) is 0 Å². The van der Waals surface area contributed by atoms with Crippen molar-refractivity contribution >= 4 is 9.28 Å². The molecular formula is C14H33NO3Si. The zero-order valence-corrected chi connectivity index (χ0v) is 14.6. The maximum absolute atomic E-state index is 5.35. The van der Waals surface area contributed by atoms with Crippen LogP contribution in [0.25, 0.3) is 0 Å². The zero-order chi connectivity index (χ0) is 14.5. The van der Waals surface area contributed by atoms with Gasteiger partial charge in [0, 0.05) is 21.3 Å². The summed E-state index contributed by atoms with van der Waals surface area (Å²) in [5.74, 6) is 0. The molecule has 5 heteroatoms. The Labute approximate surface area is 121 Å². The Bertz CT molecular complexity index is 192. The molecule has 0 aromatic heterocycles. The highest BCUT2D eigenvalue weighted by molar-refractivity contribution is 6.44. The van der Waals surface area contributed by atoms with Gasteiger partial charge >= 0.3 is 9.28 Å². The maximum Gasteiger partial charge on any atom is 0.320 e. The molecule has 0 aliphatic carbocycles. The van der Waals surface area contributed by atoms with E-state index in [0.717, 1.165) is 19.0 Å². The quantitative estimate of drug-likeness (QED) is 0.488. The molecule has 0 rings (SSSR count). The first-order chi connectivity index (χ1) is 9.17. The first-order valence-electron chi connectivity index (χ1n) is 7.48. The molecule has 0 saturated carbocycles. The summed E-state index contributed by atoms with van der Waals surface area (Å²) in [5, 5.41) is 0. The van der Waals surface area contributed by atoms with Crippen LogP contribution in [0.2, 0.25) is 6.04 Å². The van der Waals surface area contributed by atoms with Crippen molar-refractivity contribution in [1.29, 1.82) is 0 Å². The summed E-state index contributed by atoms with van der Waals surface area (Å²) in [7, 11) is 3.94. The summed E-state index contributed by atoms with van der Waals surface area (Å²) in [6, 6.07) is 1.10. The molecule has 0 N–H and O–H groups in total. The first kappa shape index (κ1) is 19.1. The molecule has 0 amide bonds. The van der Waals surface area contributed by atoms with Gasteiger partial charge in [-0.2, -0.15) is 0 Å². The van der Waals surface area contributed by atoms with E-state index in [1.54, 1.807) is 21.3 Å².